The number of hydrogen-bond acceptors (Lipinski definition) is 4. The fourth-order valence-corrected chi connectivity index (χ4v) is 3.78. The summed E-state index contributed by atoms with van der Waals surface area (Å²) in [6.45, 7) is 2.48. The van der Waals surface area contributed by atoms with E-state index in [4.69, 9.17) is 16.3 Å². The Hall–Kier alpha value is -3.06. The van der Waals surface area contributed by atoms with Crippen molar-refractivity contribution in [1.29, 1.82) is 0 Å². The molecule has 8 heteroatoms. The van der Waals surface area contributed by atoms with Gasteiger partial charge in [-0.1, -0.05) is 36.7 Å². The first kappa shape index (κ1) is 20.2. The summed E-state index contributed by atoms with van der Waals surface area (Å²) < 4.78 is 33.8. The van der Waals surface area contributed by atoms with Crippen molar-refractivity contribution in [3.63, 3.8) is 0 Å². The van der Waals surface area contributed by atoms with E-state index < -0.39 is 11.6 Å². The zero-order chi connectivity index (χ0) is 21.4. The number of hydrogen-bond donors (Lipinski definition) is 0. The molecule has 3 aromatic rings. The van der Waals surface area contributed by atoms with Gasteiger partial charge in [0.05, 0.1) is 31.5 Å². The molecular weight excluding hydrogens is 412 g/mol. The van der Waals surface area contributed by atoms with Gasteiger partial charge in [-0.2, -0.15) is 0 Å². The van der Waals surface area contributed by atoms with Crippen molar-refractivity contribution in [3.05, 3.63) is 75.6 Å². The number of amides is 1. The first-order valence-corrected chi connectivity index (χ1v) is 9.76. The number of ether oxygens (including phenoxy) is 1. The number of carbonyl (C=O) groups is 1. The van der Waals surface area contributed by atoms with Crippen LogP contribution in [0.3, 0.4) is 0 Å². The maximum atomic E-state index is 14.2. The van der Waals surface area contributed by atoms with Crippen LogP contribution in [0, 0.1) is 11.6 Å². The molecule has 1 aliphatic rings. The quantitative estimate of drug-likeness (QED) is 0.546. The van der Waals surface area contributed by atoms with Gasteiger partial charge in [-0.3, -0.25) is 4.79 Å². The van der Waals surface area contributed by atoms with Crippen molar-refractivity contribution in [2.45, 2.75) is 26.4 Å². The molecule has 2 aromatic carbocycles. The summed E-state index contributed by atoms with van der Waals surface area (Å²) >= 11 is 6.22. The van der Waals surface area contributed by atoms with Gasteiger partial charge < -0.3 is 9.64 Å². The standard InChI is InChI=1S/C22H18ClF2N3O2/c1-3-12-7-8-13(17(9-12)30-2)10-28-11-16-19(22(28)29)20(23)27-21(26-16)18-14(24)5-4-6-15(18)25/h4-9H,3,10-11H2,1-2H3. The van der Waals surface area contributed by atoms with Gasteiger partial charge in [0.2, 0.25) is 0 Å². The van der Waals surface area contributed by atoms with Crippen LogP contribution >= 0.6 is 11.6 Å². The van der Waals surface area contributed by atoms with Crippen molar-refractivity contribution in [2.24, 2.45) is 0 Å². The molecule has 0 atom stereocenters. The predicted octanol–water partition coefficient (Wildman–Crippen LogP) is 4.80. The van der Waals surface area contributed by atoms with Gasteiger partial charge in [0.25, 0.3) is 5.91 Å². The smallest absolute Gasteiger partial charge is 0.259 e. The van der Waals surface area contributed by atoms with Crippen molar-refractivity contribution in [1.82, 2.24) is 14.9 Å². The highest BCUT2D eigenvalue weighted by Crippen LogP contribution is 2.33. The van der Waals surface area contributed by atoms with Crippen LogP contribution < -0.4 is 4.74 Å². The Morgan fingerprint density at radius 2 is 1.87 bits per heavy atom. The van der Waals surface area contributed by atoms with Gasteiger partial charge in [-0.25, -0.2) is 18.7 Å². The van der Waals surface area contributed by atoms with Crippen LogP contribution in [0.1, 0.15) is 34.1 Å². The number of fused-ring (bicyclic) bond motifs is 1. The van der Waals surface area contributed by atoms with Gasteiger partial charge >= 0.3 is 0 Å². The first-order chi connectivity index (χ1) is 14.4. The summed E-state index contributed by atoms with van der Waals surface area (Å²) in [7, 11) is 1.58. The third-order valence-electron chi connectivity index (χ3n) is 5.09. The Morgan fingerprint density at radius 1 is 1.13 bits per heavy atom. The fraction of sp³-hybridized carbons (Fsp3) is 0.227. The van der Waals surface area contributed by atoms with Gasteiger partial charge in [-0.05, 0) is 30.2 Å². The summed E-state index contributed by atoms with van der Waals surface area (Å²) in [5.74, 6) is -1.43. The molecular formula is C22H18ClF2N3O2. The van der Waals surface area contributed by atoms with Crippen LogP contribution in [-0.4, -0.2) is 27.9 Å². The molecule has 2 heterocycles. The van der Waals surface area contributed by atoms with Crippen LogP contribution in [0.15, 0.2) is 36.4 Å². The summed E-state index contributed by atoms with van der Waals surface area (Å²) in [5.41, 5.74) is 2.07. The minimum absolute atomic E-state index is 0.126. The molecule has 0 spiro atoms. The van der Waals surface area contributed by atoms with Crippen LogP contribution in [0.2, 0.25) is 5.15 Å². The highest BCUT2D eigenvalue weighted by molar-refractivity contribution is 6.33. The molecule has 5 nitrogen and oxygen atoms in total. The van der Waals surface area contributed by atoms with E-state index >= 15 is 0 Å². The summed E-state index contributed by atoms with van der Waals surface area (Å²) in [5, 5.41) is -0.126. The van der Waals surface area contributed by atoms with E-state index in [0.717, 1.165) is 29.7 Å². The average molecular weight is 430 g/mol. The number of rotatable bonds is 5. The maximum Gasteiger partial charge on any atom is 0.259 e. The topological polar surface area (TPSA) is 55.3 Å². The zero-order valence-corrected chi connectivity index (χ0v) is 17.1. The van der Waals surface area contributed by atoms with Crippen LogP contribution in [-0.2, 0) is 19.5 Å². The predicted molar refractivity (Wildman–Crippen MR) is 108 cm³/mol. The van der Waals surface area contributed by atoms with E-state index in [1.54, 1.807) is 12.0 Å². The molecule has 0 radical (unpaired) electrons. The SMILES string of the molecule is CCc1ccc(CN2Cc3nc(-c4c(F)cccc4F)nc(Cl)c3C2=O)c(OC)c1. The summed E-state index contributed by atoms with van der Waals surface area (Å²) in [6, 6.07) is 9.33. The summed E-state index contributed by atoms with van der Waals surface area (Å²) in [6.07, 6.45) is 0.866. The van der Waals surface area contributed by atoms with Gasteiger partial charge in [0.1, 0.15) is 28.1 Å². The molecule has 1 amide bonds. The Bertz CT molecular complexity index is 1130. The number of halogens is 3. The van der Waals surface area contributed by atoms with Crippen molar-refractivity contribution in [3.8, 4) is 17.1 Å². The molecule has 1 aromatic heterocycles. The third-order valence-corrected chi connectivity index (χ3v) is 5.36. The number of nitrogens with zero attached hydrogens (tertiary/aromatic N) is 3. The van der Waals surface area contributed by atoms with Crippen molar-refractivity contribution in [2.75, 3.05) is 7.11 Å². The van der Waals surface area contributed by atoms with Crippen LogP contribution in [0.4, 0.5) is 8.78 Å². The Labute approximate surface area is 177 Å². The molecule has 0 aliphatic carbocycles. The maximum absolute atomic E-state index is 14.2. The molecule has 0 bridgehead atoms. The summed E-state index contributed by atoms with van der Waals surface area (Å²) in [4.78, 5) is 22.7. The molecule has 0 saturated heterocycles. The number of benzene rings is 2. The molecule has 4 rings (SSSR count). The second kappa shape index (κ2) is 7.99. The normalized spacial score (nSPS) is 13.0. The van der Waals surface area contributed by atoms with E-state index in [9.17, 15) is 13.6 Å². The second-order valence-corrected chi connectivity index (χ2v) is 7.28. The van der Waals surface area contributed by atoms with Gasteiger partial charge in [-0.15, -0.1) is 0 Å². The largest absolute Gasteiger partial charge is 0.496 e. The number of aryl methyl sites for hydroxylation is 1. The van der Waals surface area contributed by atoms with Crippen molar-refractivity contribution >= 4 is 17.5 Å². The van der Waals surface area contributed by atoms with E-state index in [2.05, 4.69) is 9.97 Å². The average Bonchev–Trinajstić information content (AvgIpc) is 3.04. The highest BCUT2D eigenvalue weighted by atomic mass is 35.5. The minimum Gasteiger partial charge on any atom is -0.496 e. The lowest BCUT2D eigenvalue weighted by molar-refractivity contribution is 0.0765. The minimum atomic E-state index is -0.798. The van der Waals surface area contributed by atoms with Crippen LogP contribution in [0.5, 0.6) is 5.75 Å². The van der Waals surface area contributed by atoms with Crippen LogP contribution in [0.25, 0.3) is 11.4 Å². The Balaban J connectivity index is 1.68. The first-order valence-electron chi connectivity index (χ1n) is 9.38. The zero-order valence-electron chi connectivity index (χ0n) is 16.4. The monoisotopic (exact) mass is 429 g/mol. The lowest BCUT2D eigenvalue weighted by Gasteiger charge is -2.18. The van der Waals surface area contributed by atoms with E-state index in [0.29, 0.717) is 11.4 Å². The number of aromatic nitrogens is 2. The lowest BCUT2D eigenvalue weighted by atomic mass is 10.1. The third kappa shape index (κ3) is 3.50. The Morgan fingerprint density at radius 3 is 2.53 bits per heavy atom. The molecule has 0 N–H and O–H groups in total. The van der Waals surface area contributed by atoms with Crippen molar-refractivity contribution < 1.29 is 18.3 Å². The van der Waals surface area contributed by atoms with E-state index in [1.165, 1.54) is 6.07 Å². The second-order valence-electron chi connectivity index (χ2n) is 6.92. The van der Waals surface area contributed by atoms with Gasteiger partial charge in [0.15, 0.2) is 5.82 Å². The molecule has 154 valence electrons. The molecule has 30 heavy (non-hydrogen) atoms. The van der Waals surface area contributed by atoms with Gasteiger partial charge in [0, 0.05) is 5.56 Å². The van der Waals surface area contributed by atoms with E-state index in [-0.39, 0.29) is 41.1 Å². The molecule has 0 unspecified atom stereocenters. The molecule has 0 saturated carbocycles. The Kier molecular flexibility index (Phi) is 5.39. The van der Waals surface area contributed by atoms with E-state index in [1.807, 2.05) is 25.1 Å². The number of carbonyl (C=O) groups excluding carboxylic acids is 1. The molecule has 1 aliphatic heterocycles. The number of methoxy groups -OCH3 is 1. The molecule has 0 fully saturated rings. The highest BCUT2D eigenvalue weighted by Gasteiger charge is 2.33. The fourth-order valence-electron chi connectivity index (χ4n) is 3.51. The lowest BCUT2D eigenvalue weighted by Crippen LogP contribution is -2.23.